The van der Waals surface area contributed by atoms with Crippen LogP contribution in [-0.4, -0.2) is 31.8 Å². The molecule has 1 fully saturated rings. The van der Waals surface area contributed by atoms with Gasteiger partial charge in [-0.15, -0.1) is 11.3 Å². The Bertz CT molecular complexity index is 899. The van der Waals surface area contributed by atoms with Crippen LogP contribution in [0, 0.1) is 0 Å². The van der Waals surface area contributed by atoms with Crippen molar-refractivity contribution in [2.75, 3.05) is 6.54 Å². The first-order chi connectivity index (χ1) is 12.0. The van der Waals surface area contributed by atoms with Crippen molar-refractivity contribution in [3.05, 3.63) is 51.7 Å². The summed E-state index contributed by atoms with van der Waals surface area (Å²) >= 11 is 1.74. The molecule has 4 rings (SSSR count). The van der Waals surface area contributed by atoms with Gasteiger partial charge in [-0.2, -0.15) is 0 Å². The van der Waals surface area contributed by atoms with E-state index in [-0.39, 0.29) is 22.9 Å². The monoisotopic (exact) mass is 376 g/mol. The molecule has 5 nitrogen and oxygen atoms in total. The van der Waals surface area contributed by atoms with Gasteiger partial charge in [0.15, 0.2) is 0 Å². The largest absolute Gasteiger partial charge is 0.331 e. The number of hydrogen-bond donors (Lipinski definition) is 1. The molecule has 2 heterocycles. The van der Waals surface area contributed by atoms with E-state index in [2.05, 4.69) is 16.2 Å². The maximum Gasteiger partial charge on any atom is 0.254 e. The minimum atomic E-state index is -3.48. The molecule has 0 spiro atoms. The molecule has 1 saturated carbocycles. The quantitative estimate of drug-likeness (QED) is 0.892. The first-order valence-corrected chi connectivity index (χ1v) is 10.8. The number of nitrogens with one attached hydrogen (secondary N) is 1. The van der Waals surface area contributed by atoms with Crippen LogP contribution in [0.3, 0.4) is 0 Å². The van der Waals surface area contributed by atoms with Gasteiger partial charge in [0.1, 0.15) is 0 Å². The molecule has 0 radical (unpaired) electrons. The Hall–Kier alpha value is -1.70. The Morgan fingerprint density at radius 3 is 2.60 bits per heavy atom. The molecule has 1 amide bonds. The van der Waals surface area contributed by atoms with Crippen molar-refractivity contribution >= 4 is 27.3 Å². The second kappa shape index (κ2) is 6.23. The molecule has 1 aliphatic carbocycles. The Morgan fingerprint density at radius 1 is 1.20 bits per heavy atom. The van der Waals surface area contributed by atoms with Gasteiger partial charge in [-0.3, -0.25) is 4.79 Å². The number of sulfonamides is 1. The van der Waals surface area contributed by atoms with Crippen molar-refractivity contribution in [2.24, 2.45) is 0 Å². The van der Waals surface area contributed by atoms with E-state index < -0.39 is 10.0 Å². The lowest BCUT2D eigenvalue weighted by atomic mass is 10.0. The van der Waals surface area contributed by atoms with Crippen LogP contribution >= 0.6 is 11.3 Å². The molecule has 1 atom stereocenters. The number of carbonyl (C=O) groups excluding carboxylic acids is 1. The number of nitrogens with zero attached hydrogens (tertiary/aromatic N) is 1. The van der Waals surface area contributed by atoms with Gasteiger partial charge >= 0.3 is 0 Å². The van der Waals surface area contributed by atoms with Gasteiger partial charge in [-0.1, -0.05) is 0 Å². The first-order valence-electron chi connectivity index (χ1n) is 8.45. The lowest BCUT2D eigenvalue weighted by molar-refractivity contribution is 0.0679. The summed E-state index contributed by atoms with van der Waals surface area (Å²) in [6.07, 6.45) is 2.67. The maximum absolute atomic E-state index is 12.9. The number of hydrogen-bond acceptors (Lipinski definition) is 4. The molecule has 132 valence electrons. The van der Waals surface area contributed by atoms with Crippen LogP contribution in [0.15, 0.2) is 40.6 Å². The van der Waals surface area contributed by atoms with E-state index in [0.717, 1.165) is 19.3 Å². The number of carbonyl (C=O) groups is 1. The van der Waals surface area contributed by atoms with E-state index in [0.29, 0.717) is 12.1 Å². The van der Waals surface area contributed by atoms with Crippen molar-refractivity contribution < 1.29 is 13.2 Å². The summed E-state index contributed by atoms with van der Waals surface area (Å²) in [5.41, 5.74) is 1.74. The smallest absolute Gasteiger partial charge is 0.254 e. The summed E-state index contributed by atoms with van der Waals surface area (Å²) in [6.45, 7) is 2.73. The summed E-state index contributed by atoms with van der Waals surface area (Å²) in [4.78, 5) is 16.3. The van der Waals surface area contributed by atoms with Gasteiger partial charge < -0.3 is 4.90 Å². The predicted molar refractivity (Wildman–Crippen MR) is 97.3 cm³/mol. The summed E-state index contributed by atoms with van der Waals surface area (Å²) in [7, 11) is -3.48. The van der Waals surface area contributed by atoms with Gasteiger partial charge in [0.05, 0.1) is 10.9 Å². The number of benzene rings is 1. The maximum atomic E-state index is 12.9. The zero-order chi connectivity index (χ0) is 17.6. The summed E-state index contributed by atoms with van der Waals surface area (Å²) in [5.74, 6) is -0.0524. The average Bonchev–Trinajstić information content (AvgIpc) is 3.26. The van der Waals surface area contributed by atoms with Crippen molar-refractivity contribution in [1.82, 2.24) is 9.62 Å². The Morgan fingerprint density at radius 2 is 1.92 bits per heavy atom. The average molecular weight is 377 g/mol. The summed E-state index contributed by atoms with van der Waals surface area (Å²) in [6, 6.07) is 8.45. The molecule has 0 bridgehead atoms. The molecule has 25 heavy (non-hydrogen) atoms. The number of thiophene rings is 1. The Labute approximate surface area is 151 Å². The van der Waals surface area contributed by atoms with Crippen LogP contribution in [-0.2, 0) is 16.4 Å². The second-order valence-electron chi connectivity index (χ2n) is 6.64. The van der Waals surface area contributed by atoms with Crippen LogP contribution in [0.4, 0.5) is 0 Å². The Kier molecular flexibility index (Phi) is 4.17. The lowest BCUT2D eigenvalue weighted by Gasteiger charge is -2.33. The minimum Gasteiger partial charge on any atom is -0.331 e. The molecule has 2 aromatic rings. The highest BCUT2D eigenvalue weighted by molar-refractivity contribution is 7.89. The van der Waals surface area contributed by atoms with E-state index in [9.17, 15) is 13.2 Å². The van der Waals surface area contributed by atoms with Crippen LogP contribution in [0.1, 0.15) is 46.6 Å². The van der Waals surface area contributed by atoms with Crippen molar-refractivity contribution in [3.8, 4) is 0 Å². The van der Waals surface area contributed by atoms with Gasteiger partial charge in [0.25, 0.3) is 5.91 Å². The fourth-order valence-corrected chi connectivity index (χ4v) is 5.49. The summed E-state index contributed by atoms with van der Waals surface area (Å²) in [5, 5.41) is 2.07. The zero-order valence-electron chi connectivity index (χ0n) is 13.9. The third-order valence-electron chi connectivity index (χ3n) is 4.85. The third-order valence-corrected chi connectivity index (χ3v) is 7.38. The van der Waals surface area contributed by atoms with Crippen molar-refractivity contribution in [1.29, 1.82) is 0 Å². The number of amides is 1. The van der Waals surface area contributed by atoms with Crippen LogP contribution < -0.4 is 4.72 Å². The molecule has 0 unspecified atom stereocenters. The normalized spacial score (nSPS) is 20.4. The number of fused-ring (bicyclic) bond motifs is 1. The predicted octanol–water partition coefficient (Wildman–Crippen LogP) is 2.95. The highest BCUT2D eigenvalue weighted by atomic mass is 32.2. The van der Waals surface area contributed by atoms with E-state index >= 15 is 0 Å². The fourth-order valence-electron chi connectivity index (χ4n) is 3.22. The van der Waals surface area contributed by atoms with Crippen LogP contribution in [0.25, 0.3) is 0 Å². The van der Waals surface area contributed by atoms with Crippen molar-refractivity contribution in [2.45, 2.75) is 43.2 Å². The third kappa shape index (κ3) is 3.23. The molecule has 1 aromatic heterocycles. The topological polar surface area (TPSA) is 66.5 Å². The van der Waals surface area contributed by atoms with E-state index in [1.165, 1.54) is 22.6 Å². The van der Waals surface area contributed by atoms with E-state index in [1.807, 2.05) is 11.8 Å². The van der Waals surface area contributed by atoms with Gasteiger partial charge in [-0.05, 0) is 67.5 Å². The molecular formula is C18H20N2O3S2. The molecular weight excluding hydrogens is 356 g/mol. The molecule has 2 aliphatic rings. The highest BCUT2D eigenvalue weighted by Crippen LogP contribution is 2.33. The molecule has 0 saturated heterocycles. The van der Waals surface area contributed by atoms with E-state index in [4.69, 9.17) is 0 Å². The fraction of sp³-hybridized carbons (Fsp3) is 0.389. The number of rotatable bonds is 4. The first kappa shape index (κ1) is 16.8. The van der Waals surface area contributed by atoms with E-state index in [1.54, 1.807) is 23.5 Å². The van der Waals surface area contributed by atoms with Crippen LogP contribution in [0.2, 0.25) is 0 Å². The zero-order valence-corrected chi connectivity index (χ0v) is 15.6. The Balaban J connectivity index is 1.53. The second-order valence-corrected chi connectivity index (χ2v) is 9.36. The lowest BCUT2D eigenvalue weighted by Crippen LogP contribution is -2.38. The van der Waals surface area contributed by atoms with Gasteiger partial charge in [-0.25, -0.2) is 13.1 Å². The van der Waals surface area contributed by atoms with Crippen LogP contribution in [0.5, 0.6) is 0 Å². The summed E-state index contributed by atoms with van der Waals surface area (Å²) < 4.78 is 27.1. The molecule has 1 aromatic carbocycles. The molecule has 7 heteroatoms. The SMILES string of the molecule is C[C@@H]1c2ccsc2CCN1C(=O)c1ccc(S(=O)(=O)NC2CC2)cc1. The highest BCUT2D eigenvalue weighted by Gasteiger charge is 2.30. The molecule has 1 aliphatic heterocycles. The van der Waals surface area contributed by atoms with Crippen molar-refractivity contribution in [3.63, 3.8) is 0 Å². The molecule has 1 N–H and O–H groups in total. The standard InChI is InChI=1S/C18H20N2O3S2/c1-12-16-9-11-24-17(16)8-10-20(12)18(21)13-2-6-15(7-3-13)25(22,23)19-14-4-5-14/h2-3,6-7,9,11-12,14,19H,4-5,8,10H2,1H3/t12-/m1/s1. The minimum absolute atomic E-state index is 0.0439. The van der Waals surface area contributed by atoms with Gasteiger partial charge in [0.2, 0.25) is 10.0 Å². The van der Waals surface area contributed by atoms with Gasteiger partial charge in [0, 0.05) is 23.0 Å².